The quantitative estimate of drug-likeness (QED) is 0.290. The van der Waals surface area contributed by atoms with Crippen LogP contribution >= 0.6 is 0 Å². The predicted molar refractivity (Wildman–Crippen MR) is 39.8 cm³/mol. The molecule has 0 unspecified atom stereocenters. The van der Waals surface area contributed by atoms with E-state index in [2.05, 4.69) is 5.32 Å². The van der Waals surface area contributed by atoms with Gasteiger partial charge in [-0.05, 0) is 6.42 Å². The molecule has 0 saturated carbocycles. The molecule has 0 saturated heterocycles. The Labute approximate surface area is 60.3 Å². The summed E-state index contributed by atoms with van der Waals surface area (Å²) in [4.78, 5) is 10.3. The van der Waals surface area contributed by atoms with Gasteiger partial charge in [0.2, 0.25) is 5.91 Å². The van der Waals surface area contributed by atoms with Gasteiger partial charge < -0.3 is 11.1 Å². The topological polar surface area (TPSA) is 79.0 Å². The van der Waals surface area contributed by atoms with E-state index in [1.54, 1.807) is 0 Å². The number of amidine groups is 1. The molecule has 0 aliphatic carbocycles. The molecular formula is C6H13N3O. The van der Waals surface area contributed by atoms with Gasteiger partial charge in [-0.2, -0.15) is 0 Å². The summed E-state index contributed by atoms with van der Waals surface area (Å²) in [6.07, 6.45) is 1.30. The number of nitrogens with one attached hydrogen (secondary N) is 2. The summed E-state index contributed by atoms with van der Waals surface area (Å²) in [7, 11) is 0. The van der Waals surface area contributed by atoms with Crippen LogP contribution in [-0.4, -0.2) is 18.3 Å². The van der Waals surface area contributed by atoms with E-state index in [4.69, 9.17) is 11.1 Å². The minimum atomic E-state index is -0.0384. The van der Waals surface area contributed by atoms with Crippen LogP contribution in [0.1, 0.15) is 19.8 Å². The highest BCUT2D eigenvalue weighted by molar-refractivity contribution is 5.77. The van der Waals surface area contributed by atoms with E-state index in [0.717, 1.165) is 6.42 Å². The summed E-state index contributed by atoms with van der Waals surface area (Å²) in [5.74, 6) is 0.133. The summed E-state index contributed by atoms with van der Waals surface area (Å²) < 4.78 is 0. The highest BCUT2D eigenvalue weighted by Gasteiger charge is 1.91. The maximum Gasteiger partial charge on any atom is 0.216 e. The summed E-state index contributed by atoms with van der Waals surface area (Å²) in [6, 6.07) is 0. The average molecular weight is 143 g/mol. The Morgan fingerprint density at radius 3 is 2.70 bits per heavy atom. The Hall–Kier alpha value is -1.06. The van der Waals surface area contributed by atoms with Gasteiger partial charge in [0, 0.05) is 19.9 Å². The van der Waals surface area contributed by atoms with E-state index >= 15 is 0 Å². The van der Waals surface area contributed by atoms with Crippen molar-refractivity contribution in [3.63, 3.8) is 0 Å². The van der Waals surface area contributed by atoms with Crippen molar-refractivity contribution in [2.75, 3.05) is 6.54 Å². The van der Waals surface area contributed by atoms with Crippen molar-refractivity contribution in [3.05, 3.63) is 0 Å². The van der Waals surface area contributed by atoms with Crippen LogP contribution in [0.25, 0.3) is 0 Å². The van der Waals surface area contributed by atoms with Crippen molar-refractivity contribution in [2.45, 2.75) is 19.8 Å². The number of hydrogen-bond acceptors (Lipinski definition) is 2. The highest BCUT2D eigenvalue weighted by Crippen LogP contribution is 1.83. The van der Waals surface area contributed by atoms with Crippen LogP contribution in [0.15, 0.2) is 0 Å². The molecule has 0 aliphatic rings. The zero-order valence-corrected chi connectivity index (χ0v) is 6.11. The van der Waals surface area contributed by atoms with Crippen molar-refractivity contribution >= 4 is 11.7 Å². The Kier molecular flexibility index (Phi) is 4.28. The van der Waals surface area contributed by atoms with Crippen LogP contribution in [0.5, 0.6) is 0 Å². The number of carbonyl (C=O) groups excluding carboxylic acids is 1. The molecule has 4 N–H and O–H groups in total. The normalized spacial score (nSPS) is 8.90. The standard InChI is InChI=1S/C6H13N3O/c1-5(10)9-4-2-3-6(7)8/h2-4H2,1H3,(H3,7,8)(H,9,10). The van der Waals surface area contributed by atoms with Crippen LogP contribution in [0.3, 0.4) is 0 Å². The minimum Gasteiger partial charge on any atom is -0.388 e. The molecule has 0 rings (SSSR count). The molecule has 4 nitrogen and oxygen atoms in total. The Morgan fingerprint density at radius 2 is 2.30 bits per heavy atom. The fourth-order valence-electron chi connectivity index (χ4n) is 0.543. The Bertz CT molecular complexity index is 117. The van der Waals surface area contributed by atoms with Gasteiger partial charge in [-0.15, -0.1) is 0 Å². The van der Waals surface area contributed by atoms with E-state index in [1.807, 2.05) is 0 Å². The summed E-state index contributed by atoms with van der Waals surface area (Å²) in [5.41, 5.74) is 5.08. The summed E-state index contributed by atoms with van der Waals surface area (Å²) in [5, 5.41) is 9.45. The first-order chi connectivity index (χ1) is 4.63. The lowest BCUT2D eigenvalue weighted by Gasteiger charge is -1.99. The molecule has 0 atom stereocenters. The first-order valence-corrected chi connectivity index (χ1v) is 3.20. The number of rotatable bonds is 4. The molecule has 0 aromatic rings. The summed E-state index contributed by atoms with van der Waals surface area (Å²) in [6.45, 7) is 2.07. The lowest BCUT2D eigenvalue weighted by atomic mass is 10.3. The van der Waals surface area contributed by atoms with Gasteiger partial charge in [0.1, 0.15) is 0 Å². The molecule has 58 valence electrons. The van der Waals surface area contributed by atoms with Crippen LogP contribution in [0.4, 0.5) is 0 Å². The number of amides is 1. The predicted octanol–water partition coefficient (Wildman–Crippen LogP) is -0.161. The van der Waals surface area contributed by atoms with E-state index in [9.17, 15) is 4.79 Å². The first kappa shape index (κ1) is 8.94. The Morgan fingerprint density at radius 1 is 1.70 bits per heavy atom. The van der Waals surface area contributed by atoms with Crippen LogP contribution in [-0.2, 0) is 4.79 Å². The largest absolute Gasteiger partial charge is 0.388 e. The van der Waals surface area contributed by atoms with Crippen molar-refractivity contribution in [1.29, 1.82) is 5.41 Å². The lowest BCUT2D eigenvalue weighted by Crippen LogP contribution is -2.22. The Balaban J connectivity index is 3.06. The smallest absolute Gasteiger partial charge is 0.216 e. The molecule has 0 bridgehead atoms. The second kappa shape index (κ2) is 4.78. The molecule has 0 radical (unpaired) electrons. The van der Waals surface area contributed by atoms with Gasteiger partial charge in [0.05, 0.1) is 5.84 Å². The maximum atomic E-state index is 10.3. The SMILES string of the molecule is CC(=O)NCCCC(=N)N. The third-order valence-electron chi connectivity index (χ3n) is 0.997. The van der Waals surface area contributed by atoms with Gasteiger partial charge in [-0.1, -0.05) is 0 Å². The molecule has 10 heavy (non-hydrogen) atoms. The van der Waals surface area contributed by atoms with Crippen LogP contribution < -0.4 is 11.1 Å². The molecule has 0 spiro atoms. The van der Waals surface area contributed by atoms with Crippen LogP contribution in [0, 0.1) is 5.41 Å². The molecule has 0 heterocycles. The van der Waals surface area contributed by atoms with Crippen molar-refractivity contribution in [3.8, 4) is 0 Å². The molecule has 1 amide bonds. The number of nitrogens with two attached hydrogens (primary N) is 1. The fraction of sp³-hybridized carbons (Fsp3) is 0.667. The van der Waals surface area contributed by atoms with E-state index in [1.165, 1.54) is 6.92 Å². The average Bonchev–Trinajstić information content (AvgIpc) is 1.79. The lowest BCUT2D eigenvalue weighted by molar-refractivity contribution is -0.118. The minimum absolute atomic E-state index is 0.0384. The van der Waals surface area contributed by atoms with Crippen molar-refractivity contribution in [2.24, 2.45) is 5.73 Å². The molecule has 4 heteroatoms. The van der Waals surface area contributed by atoms with Gasteiger partial charge in [0.25, 0.3) is 0 Å². The van der Waals surface area contributed by atoms with Gasteiger partial charge >= 0.3 is 0 Å². The fourth-order valence-corrected chi connectivity index (χ4v) is 0.543. The molecule has 0 aliphatic heterocycles. The second-order valence-electron chi connectivity index (χ2n) is 2.11. The van der Waals surface area contributed by atoms with Gasteiger partial charge in [0.15, 0.2) is 0 Å². The third kappa shape index (κ3) is 6.94. The molecule has 0 aromatic carbocycles. The second-order valence-corrected chi connectivity index (χ2v) is 2.11. The van der Waals surface area contributed by atoms with E-state index in [-0.39, 0.29) is 11.7 Å². The van der Waals surface area contributed by atoms with Crippen molar-refractivity contribution in [1.82, 2.24) is 5.32 Å². The summed E-state index contributed by atoms with van der Waals surface area (Å²) >= 11 is 0. The van der Waals surface area contributed by atoms with Gasteiger partial charge in [-0.3, -0.25) is 10.2 Å². The first-order valence-electron chi connectivity index (χ1n) is 3.20. The number of hydrogen-bond donors (Lipinski definition) is 3. The van der Waals surface area contributed by atoms with E-state index < -0.39 is 0 Å². The zero-order valence-electron chi connectivity index (χ0n) is 6.11. The van der Waals surface area contributed by atoms with Crippen LogP contribution in [0.2, 0.25) is 0 Å². The van der Waals surface area contributed by atoms with E-state index in [0.29, 0.717) is 13.0 Å². The number of carbonyl (C=O) groups is 1. The third-order valence-corrected chi connectivity index (χ3v) is 0.997. The van der Waals surface area contributed by atoms with Gasteiger partial charge in [-0.25, -0.2) is 0 Å². The highest BCUT2D eigenvalue weighted by atomic mass is 16.1. The maximum absolute atomic E-state index is 10.3. The zero-order chi connectivity index (χ0) is 7.98. The molecule has 0 aromatic heterocycles. The molecular weight excluding hydrogens is 130 g/mol. The molecule has 0 fully saturated rings. The monoisotopic (exact) mass is 143 g/mol. The van der Waals surface area contributed by atoms with Crippen molar-refractivity contribution < 1.29 is 4.79 Å².